The molecule has 2 aromatic rings. The van der Waals surface area contributed by atoms with Gasteiger partial charge in [0.05, 0.1) is 11.8 Å². The van der Waals surface area contributed by atoms with Crippen molar-refractivity contribution in [1.29, 1.82) is 0 Å². The predicted octanol–water partition coefficient (Wildman–Crippen LogP) is 1.91. The molecular formula is C13H13N3O2. The number of hydrogen-bond acceptors (Lipinski definition) is 5. The highest BCUT2D eigenvalue weighted by Gasteiger charge is 2.25. The normalized spacial score (nSPS) is 17.5. The number of aromatic nitrogens is 2. The molecule has 18 heavy (non-hydrogen) atoms. The van der Waals surface area contributed by atoms with E-state index in [-0.39, 0.29) is 5.75 Å². The number of phenolic OH excluding ortho intramolecular Hbond substituents is 1. The summed E-state index contributed by atoms with van der Waals surface area (Å²) in [7, 11) is 0. The second-order valence-corrected chi connectivity index (χ2v) is 4.31. The summed E-state index contributed by atoms with van der Waals surface area (Å²) in [6, 6.07) is 6.71. The lowest BCUT2D eigenvalue weighted by Gasteiger charge is -2.11. The van der Waals surface area contributed by atoms with Crippen LogP contribution < -0.4 is 5.32 Å². The van der Waals surface area contributed by atoms with Gasteiger partial charge in [-0.3, -0.25) is 0 Å². The van der Waals surface area contributed by atoms with Gasteiger partial charge in [0.15, 0.2) is 0 Å². The van der Waals surface area contributed by atoms with Crippen LogP contribution in [0.4, 0.5) is 11.5 Å². The Morgan fingerprint density at radius 3 is 2.72 bits per heavy atom. The fourth-order valence-electron chi connectivity index (χ4n) is 2.18. The number of anilines is 2. The van der Waals surface area contributed by atoms with Crippen molar-refractivity contribution in [2.24, 2.45) is 0 Å². The van der Waals surface area contributed by atoms with Gasteiger partial charge in [0.2, 0.25) is 0 Å². The van der Waals surface area contributed by atoms with Crippen molar-refractivity contribution in [2.75, 3.05) is 5.32 Å². The van der Waals surface area contributed by atoms with Crippen molar-refractivity contribution in [2.45, 2.75) is 18.9 Å². The minimum Gasteiger partial charge on any atom is -0.508 e. The quantitative estimate of drug-likeness (QED) is 0.702. The number of phenols is 1. The minimum absolute atomic E-state index is 0.216. The van der Waals surface area contributed by atoms with Crippen LogP contribution >= 0.6 is 0 Å². The first-order valence-electron chi connectivity index (χ1n) is 5.82. The van der Waals surface area contributed by atoms with E-state index in [9.17, 15) is 10.2 Å². The zero-order valence-electron chi connectivity index (χ0n) is 9.67. The Hall–Kier alpha value is -2.14. The first-order chi connectivity index (χ1) is 8.74. The topological polar surface area (TPSA) is 78.3 Å². The van der Waals surface area contributed by atoms with E-state index in [1.807, 2.05) is 0 Å². The second kappa shape index (κ2) is 4.27. The third-order valence-electron chi connectivity index (χ3n) is 3.08. The number of benzene rings is 1. The van der Waals surface area contributed by atoms with Gasteiger partial charge in [0.25, 0.3) is 0 Å². The zero-order valence-corrected chi connectivity index (χ0v) is 9.67. The minimum atomic E-state index is -0.499. The molecule has 0 amide bonds. The summed E-state index contributed by atoms with van der Waals surface area (Å²) < 4.78 is 0. The van der Waals surface area contributed by atoms with Crippen LogP contribution in [0.3, 0.4) is 0 Å². The van der Waals surface area contributed by atoms with E-state index in [4.69, 9.17) is 0 Å². The first kappa shape index (κ1) is 11.0. The third-order valence-corrected chi connectivity index (χ3v) is 3.08. The maximum atomic E-state index is 9.92. The fourth-order valence-corrected chi connectivity index (χ4v) is 2.18. The number of nitrogens with one attached hydrogen (secondary N) is 1. The van der Waals surface area contributed by atoms with Gasteiger partial charge in [-0.25, -0.2) is 9.97 Å². The summed E-state index contributed by atoms with van der Waals surface area (Å²) in [5, 5.41) is 22.3. The number of fused-ring (bicyclic) bond motifs is 1. The number of aliphatic hydroxyl groups excluding tert-OH is 1. The lowest BCUT2D eigenvalue weighted by atomic mass is 10.2. The van der Waals surface area contributed by atoms with E-state index in [1.165, 1.54) is 6.33 Å². The van der Waals surface area contributed by atoms with Crippen molar-refractivity contribution in [3.05, 3.63) is 41.9 Å². The predicted molar refractivity (Wildman–Crippen MR) is 66.7 cm³/mol. The molecule has 0 saturated carbocycles. The Labute approximate surface area is 104 Å². The van der Waals surface area contributed by atoms with Crippen LogP contribution in [0.25, 0.3) is 0 Å². The Morgan fingerprint density at radius 1 is 1.17 bits per heavy atom. The van der Waals surface area contributed by atoms with Crippen molar-refractivity contribution < 1.29 is 10.2 Å². The molecule has 1 aliphatic carbocycles. The highest BCUT2D eigenvalue weighted by molar-refractivity contribution is 5.61. The van der Waals surface area contributed by atoms with Crippen LogP contribution in [-0.4, -0.2) is 20.2 Å². The smallest absolute Gasteiger partial charge is 0.139 e. The number of aromatic hydroxyl groups is 1. The monoisotopic (exact) mass is 243 g/mol. The van der Waals surface area contributed by atoms with E-state index in [0.717, 1.165) is 23.4 Å². The standard InChI is InChI=1S/C13H13N3O2/c17-9-3-1-8(2-4-9)16-13-12-10(14-7-15-13)5-6-11(12)18/h1-4,7,11,17-18H,5-6H2,(H,14,15,16). The van der Waals surface area contributed by atoms with Gasteiger partial charge in [0, 0.05) is 11.3 Å². The largest absolute Gasteiger partial charge is 0.508 e. The number of aliphatic hydroxyl groups is 1. The molecule has 5 nitrogen and oxygen atoms in total. The summed E-state index contributed by atoms with van der Waals surface area (Å²) in [4.78, 5) is 8.35. The van der Waals surface area contributed by atoms with Crippen LogP contribution in [0, 0.1) is 0 Å². The van der Waals surface area contributed by atoms with Crippen LogP contribution in [0.15, 0.2) is 30.6 Å². The van der Waals surface area contributed by atoms with Crippen LogP contribution in [-0.2, 0) is 6.42 Å². The molecule has 0 bridgehead atoms. The Bertz CT molecular complexity index is 569. The molecule has 1 atom stereocenters. The highest BCUT2D eigenvalue weighted by atomic mass is 16.3. The van der Waals surface area contributed by atoms with Gasteiger partial charge >= 0.3 is 0 Å². The summed E-state index contributed by atoms with van der Waals surface area (Å²) in [6.45, 7) is 0. The number of rotatable bonds is 2. The molecule has 0 aliphatic heterocycles. The Balaban J connectivity index is 1.94. The molecule has 92 valence electrons. The van der Waals surface area contributed by atoms with Crippen LogP contribution in [0.5, 0.6) is 5.75 Å². The molecule has 0 saturated heterocycles. The summed E-state index contributed by atoms with van der Waals surface area (Å²) in [5.74, 6) is 0.851. The zero-order chi connectivity index (χ0) is 12.5. The molecule has 3 rings (SSSR count). The second-order valence-electron chi connectivity index (χ2n) is 4.31. The summed E-state index contributed by atoms with van der Waals surface area (Å²) in [5.41, 5.74) is 2.50. The molecule has 1 aromatic carbocycles. The molecule has 1 heterocycles. The van der Waals surface area contributed by atoms with E-state index < -0.39 is 6.10 Å². The average Bonchev–Trinajstić information content (AvgIpc) is 2.75. The maximum Gasteiger partial charge on any atom is 0.139 e. The summed E-state index contributed by atoms with van der Waals surface area (Å²) >= 11 is 0. The number of hydrogen-bond donors (Lipinski definition) is 3. The SMILES string of the molecule is Oc1ccc(Nc2ncnc3c2C(O)CC3)cc1. The van der Waals surface area contributed by atoms with Crippen molar-refractivity contribution in [3.63, 3.8) is 0 Å². The molecule has 1 aliphatic rings. The molecule has 0 radical (unpaired) electrons. The third kappa shape index (κ3) is 1.89. The molecule has 0 spiro atoms. The van der Waals surface area contributed by atoms with E-state index in [1.54, 1.807) is 24.3 Å². The van der Waals surface area contributed by atoms with Crippen molar-refractivity contribution in [1.82, 2.24) is 9.97 Å². The van der Waals surface area contributed by atoms with Gasteiger partial charge in [-0.1, -0.05) is 0 Å². The van der Waals surface area contributed by atoms with E-state index in [2.05, 4.69) is 15.3 Å². The van der Waals surface area contributed by atoms with Gasteiger partial charge in [0.1, 0.15) is 17.9 Å². The summed E-state index contributed by atoms with van der Waals surface area (Å²) in [6.07, 6.45) is 2.47. The van der Waals surface area contributed by atoms with Gasteiger partial charge in [-0.2, -0.15) is 0 Å². The average molecular weight is 243 g/mol. The van der Waals surface area contributed by atoms with Crippen LogP contribution in [0.1, 0.15) is 23.8 Å². The van der Waals surface area contributed by atoms with E-state index >= 15 is 0 Å². The highest BCUT2D eigenvalue weighted by Crippen LogP contribution is 2.35. The molecule has 1 unspecified atom stereocenters. The first-order valence-corrected chi connectivity index (χ1v) is 5.82. The Kier molecular flexibility index (Phi) is 2.60. The van der Waals surface area contributed by atoms with Crippen molar-refractivity contribution >= 4 is 11.5 Å². The van der Waals surface area contributed by atoms with Gasteiger partial charge in [-0.15, -0.1) is 0 Å². The molecule has 5 heteroatoms. The number of nitrogens with zero attached hydrogens (tertiary/aromatic N) is 2. The molecule has 1 aromatic heterocycles. The fraction of sp³-hybridized carbons (Fsp3) is 0.231. The van der Waals surface area contributed by atoms with Gasteiger partial charge in [-0.05, 0) is 37.1 Å². The molecular weight excluding hydrogens is 230 g/mol. The number of aryl methyl sites for hydroxylation is 1. The lowest BCUT2D eigenvalue weighted by Crippen LogP contribution is -2.03. The lowest BCUT2D eigenvalue weighted by molar-refractivity contribution is 0.180. The Morgan fingerprint density at radius 2 is 1.94 bits per heavy atom. The maximum absolute atomic E-state index is 9.92. The molecule has 0 fully saturated rings. The molecule has 3 N–H and O–H groups in total. The van der Waals surface area contributed by atoms with Gasteiger partial charge < -0.3 is 15.5 Å². The van der Waals surface area contributed by atoms with E-state index in [0.29, 0.717) is 12.2 Å². The van der Waals surface area contributed by atoms with Crippen LogP contribution in [0.2, 0.25) is 0 Å². The van der Waals surface area contributed by atoms with Crippen molar-refractivity contribution in [3.8, 4) is 5.75 Å².